The zero-order valence-corrected chi connectivity index (χ0v) is 19.2. The van der Waals surface area contributed by atoms with Crippen molar-refractivity contribution in [1.29, 1.82) is 0 Å². The van der Waals surface area contributed by atoms with Crippen LogP contribution in [0.2, 0.25) is 0 Å². The second kappa shape index (κ2) is 12.1. The Kier molecular flexibility index (Phi) is 9.22. The summed E-state index contributed by atoms with van der Waals surface area (Å²) in [5.41, 5.74) is 1.98. The van der Waals surface area contributed by atoms with Crippen LogP contribution in [0.25, 0.3) is 0 Å². The van der Waals surface area contributed by atoms with Crippen LogP contribution >= 0.6 is 0 Å². The van der Waals surface area contributed by atoms with E-state index in [0.717, 1.165) is 36.8 Å². The van der Waals surface area contributed by atoms with E-state index in [1.165, 1.54) is 43.5 Å². The maximum atomic E-state index is 13.4. The quantitative estimate of drug-likeness (QED) is 0.447. The lowest BCUT2D eigenvalue weighted by Crippen LogP contribution is -2.51. The largest absolute Gasteiger partial charge is 0.355 e. The Morgan fingerprint density at radius 3 is 1.94 bits per heavy atom. The maximum Gasteiger partial charge on any atom is 0.237 e. The van der Waals surface area contributed by atoms with Gasteiger partial charge in [-0.15, -0.1) is 0 Å². The first-order chi connectivity index (χ1) is 15.4. The van der Waals surface area contributed by atoms with Crippen molar-refractivity contribution in [3.63, 3.8) is 0 Å². The van der Waals surface area contributed by atoms with Crippen LogP contribution in [-0.2, 0) is 4.79 Å². The highest BCUT2D eigenvalue weighted by atomic mass is 19.1. The molecule has 1 amide bonds. The van der Waals surface area contributed by atoms with Gasteiger partial charge >= 0.3 is 0 Å². The SMILES string of the molecule is CC(C)[C@H](NC1CCCCC1)C(=O)NCCCC(c1ccc(F)cc1)c1ccc(F)cc1. The number of benzene rings is 2. The molecule has 0 heterocycles. The summed E-state index contributed by atoms with van der Waals surface area (Å²) >= 11 is 0. The van der Waals surface area contributed by atoms with Crippen molar-refractivity contribution in [3.05, 3.63) is 71.3 Å². The van der Waals surface area contributed by atoms with Gasteiger partial charge in [0.05, 0.1) is 6.04 Å². The highest BCUT2D eigenvalue weighted by Crippen LogP contribution is 2.29. The van der Waals surface area contributed by atoms with Gasteiger partial charge in [0.1, 0.15) is 11.6 Å². The lowest BCUT2D eigenvalue weighted by atomic mass is 9.87. The van der Waals surface area contributed by atoms with Crippen LogP contribution < -0.4 is 10.6 Å². The third kappa shape index (κ3) is 7.13. The highest BCUT2D eigenvalue weighted by Gasteiger charge is 2.26. The molecule has 2 aromatic rings. The molecule has 0 radical (unpaired) electrons. The van der Waals surface area contributed by atoms with Crippen LogP contribution in [0.5, 0.6) is 0 Å². The highest BCUT2D eigenvalue weighted by molar-refractivity contribution is 5.82. The van der Waals surface area contributed by atoms with Crippen molar-refractivity contribution in [3.8, 4) is 0 Å². The third-order valence-corrected chi connectivity index (χ3v) is 6.48. The Labute approximate surface area is 191 Å². The van der Waals surface area contributed by atoms with Gasteiger partial charge in [-0.05, 0) is 67.0 Å². The van der Waals surface area contributed by atoms with Crippen molar-refractivity contribution in [2.75, 3.05) is 6.54 Å². The fourth-order valence-electron chi connectivity index (χ4n) is 4.64. The number of carbonyl (C=O) groups excluding carboxylic acids is 1. The van der Waals surface area contributed by atoms with Crippen LogP contribution in [0.4, 0.5) is 8.78 Å². The Morgan fingerprint density at radius 1 is 0.906 bits per heavy atom. The molecule has 0 unspecified atom stereocenters. The minimum Gasteiger partial charge on any atom is -0.355 e. The summed E-state index contributed by atoms with van der Waals surface area (Å²) in [6, 6.07) is 13.2. The van der Waals surface area contributed by atoms with Gasteiger partial charge in [-0.3, -0.25) is 4.79 Å². The molecule has 5 heteroatoms. The number of carbonyl (C=O) groups is 1. The van der Waals surface area contributed by atoms with Crippen LogP contribution in [-0.4, -0.2) is 24.5 Å². The summed E-state index contributed by atoms with van der Waals surface area (Å²) < 4.78 is 26.8. The molecule has 0 spiro atoms. The number of hydrogen-bond acceptors (Lipinski definition) is 2. The molecule has 32 heavy (non-hydrogen) atoms. The molecule has 1 fully saturated rings. The van der Waals surface area contributed by atoms with E-state index in [-0.39, 0.29) is 35.4 Å². The summed E-state index contributed by atoms with van der Waals surface area (Å²) in [5, 5.41) is 6.69. The lowest BCUT2D eigenvalue weighted by Gasteiger charge is -2.30. The Balaban J connectivity index is 1.56. The predicted octanol–water partition coefficient (Wildman–Crippen LogP) is 5.94. The fraction of sp³-hybridized carbons (Fsp3) is 0.519. The van der Waals surface area contributed by atoms with E-state index in [1.54, 1.807) is 24.3 Å². The molecule has 0 aliphatic heterocycles. The lowest BCUT2D eigenvalue weighted by molar-refractivity contribution is -0.124. The number of rotatable bonds is 10. The normalized spacial score (nSPS) is 15.8. The molecule has 1 aliphatic rings. The third-order valence-electron chi connectivity index (χ3n) is 6.48. The zero-order chi connectivity index (χ0) is 22.9. The molecular weight excluding hydrogens is 406 g/mol. The molecule has 3 nitrogen and oxygen atoms in total. The molecule has 1 atom stereocenters. The van der Waals surface area contributed by atoms with Gasteiger partial charge in [0.2, 0.25) is 5.91 Å². The summed E-state index contributed by atoms with van der Waals surface area (Å²) in [4.78, 5) is 12.9. The first-order valence-corrected chi connectivity index (χ1v) is 12.0. The van der Waals surface area contributed by atoms with Gasteiger partial charge in [0, 0.05) is 18.5 Å². The molecule has 2 N–H and O–H groups in total. The summed E-state index contributed by atoms with van der Waals surface area (Å²) in [6.07, 6.45) is 7.61. The van der Waals surface area contributed by atoms with Crippen LogP contribution in [0.1, 0.15) is 75.8 Å². The standard InChI is InChI=1S/C27H36F2N2O/c1-19(2)26(31-24-7-4-3-5-8-24)27(32)30-18-6-9-25(20-10-14-22(28)15-11-20)21-12-16-23(29)17-13-21/h10-17,19,24-26,31H,3-9,18H2,1-2H3,(H,30,32)/t26-/m0/s1. The maximum absolute atomic E-state index is 13.4. The van der Waals surface area contributed by atoms with Gasteiger partial charge in [0.25, 0.3) is 0 Å². The van der Waals surface area contributed by atoms with E-state index in [4.69, 9.17) is 0 Å². The van der Waals surface area contributed by atoms with E-state index in [2.05, 4.69) is 24.5 Å². The number of nitrogens with one attached hydrogen (secondary N) is 2. The van der Waals surface area contributed by atoms with E-state index >= 15 is 0 Å². The van der Waals surface area contributed by atoms with E-state index < -0.39 is 0 Å². The van der Waals surface area contributed by atoms with Crippen molar-refractivity contribution in [2.24, 2.45) is 5.92 Å². The minimum atomic E-state index is -0.274. The minimum absolute atomic E-state index is 0.0226. The molecule has 1 saturated carbocycles. The fourth-order valence-corrected chi connectivity index (χ4v) is 4.64. The van der Waals surface area contributed by atoms with Crippen molar-refractivity contribution in [2.45, 2.75) is 76.8 Å². The molecule has 174 valence electrons. The first kappa shape index (κ1) is 24.4. The van der Waals surface area contributed by atoms with Crippen LogP contribution in [0.3, 0.4) is 0 Å². The molecule has 0 saturated heterocycles. The van der Waals surface area contributed by atoms with Gasteiger partial charge in [-0.25, -0.2) is 8.78 Å². The summed E-state index contributed by atoms with van der Waals surface area (Å²) in [6.45, 7) is 4.74. The average molecular weight is 443 g/mol. The Bertz CT molecular complexity index is 784. The van der Waals surface area contributed by atoms with Crippen LogP contribution in [0, 0.1) is 17.6 Å². The predicted molar refractivity (Wildman–Crippen MR) is 126 cm³/mol. The molecule has 0 bridgehead atoms. The number of halogens is 2. The molecular formula is C27H36F2N2O. The monoisotopic (exact) mass is 442 g/mol. The number of amides is 1. The topological polar surface area (TPSA) is 41.1 Å². The summed E-state index contributed by atoms with van der Waals surface area (Å²) in [7, 11) is 0. The van der Waals surface area contributed by atoms with Gasteiger partial charge in [-0.1, -0.05) is 57.4 Å². The van der Waals surface area contributed by atoms with Crippen molar-refractivity contribution >= 4 is 5.91 Å². The second-order valence-electron chi connectivity index (χ2n) is 9.31. The second-order valence-corrected chi connectivity index (χ2v) is 9.31. The molecule has 0 aromatic heterocycles. The molecule has 2 aromatic carbocycles. The van der Waals surface area contributed by atoms with Gasteiger partial charge in [-0.2, -0.15) is 0 Å². The van der Waals surface area contributed by atoms with Crippen LogP contribution in [0.15, 0.2) is 48.5 Å². The van der Waals surface area contributed by atoms with Gasteiger partial charge < -0.3 is 10.6 Å². The smallest absolute Gasteiger partial charge is 0.237 e. The summed E-state index contributed by atoms with van der Waals surface area (Å²) in [5.74, 6) is -0.240. The first-order valence-electron chi connectivity index (χ1n) is 12.0. The zero-order valence-electron chi connectivity index (χ0n) is 19.2. The van der Waals surface area contributed by atoms with E-state index in [0.29, 0.717) is 12.6 Å². The van der Waals surface area contributed by atoms with Crippen molar-refractivity contribution < 1.29 is 13.6 Å². The Morgan fingerprint density at radius 2 is 1.44 bits per heavy atom. The number of hydrogen-bond donors (Lipinski definition) is 2. The molecule has 3 rings (SSSR count). The van der Waals surface area contributed by atoms with Gasteiger partial charge in [0.15, 0.2) is 0 Å². The van der Waals surface area contributed by atoms with Crippen molar-refractivity contribution in [1.82, 2.24) is 10.6 Å². The van der Waals surface area contributed by atoms with E-state index in [9.17, 15) is 13.6 Å². The Hall–Kier alpha value is -2.27. The molecule has 1 aliphatic carbocycles. The average Bonchev–Trinajstić information content (AvgIpc) is 2.79. The van der Waals surface area contributed by atoms with E-state index in [1.807, 2.05) is 0 Å².